The van der Waals surface area contributed by atoms with Gasteiger partial charge >= 0.3 is 0 Å². The lowest BCUT2D eigenvalue weighted by Crippen LogP contribution is -2.29. The minimum absolute atomic E-state index is 0.162. The summed E-state index contributed by atoms with van der Waals surface area (Å²) in [6.45, 7) is 0.913. The molecule has 0 spiro atoms. The number of phenolic OH excluding ortho intramolecular Hbond substituents is 1. The summed E-state index contributed by atoms with van der Waals surface area (Å²) in [6, 6.07) is 3.31. The smallest absolute Gasteiger partial charge is 0.268 e. The molecule has 124 valence electrons. The monoisotopic (exact) mass is 319 g/mol. The topological polar surface area (TPSA) is 130 Å². The van der Waals surface area contributed by atoms with Gasteiger partial charge in [-0.15, -0.1) is 0 Å². The van der Waals surface area contributed by atoms with Crippen molar-refractivity contribution in [3.63, 3.8) is 0 Å². The Morgan fingerprint density at radius 1 is 1.48 bits per heavy atom. The number of likely N-dealkylation sites (N-methyl/N-ethyl adjacent to an activating group) is 1. The van der Waals surface area contributed by atoms with Gasteiger partial charge in [0.05, 0.1) is 12.6 Å². The molecule has 0 unspecified atom stereocenters. The summed E-state index contributed by atoms with van der Waals surface area (Å²) in [5, 5.41) is 10.5. The van der Waals surface area contributed by atoms with Crippen molar-refractivity contribution in [3.05, 3.63) is 23.9 Å². The van der Waals surface area contributed by atoms with Gasteiger partial charge in [-0.2, -0.15) is 4.99 Å². The maximum Gasteiger partial charge on any atom is 0.268 e. The van der Waals surface area contributed by atoms with Gasteiger partial charge in [0.2, 0.25) is 0 Å². The van der Waals surface area contributed by atoms with Crippen molar-refractivity contribution >= 4 is 22.8 Å². The number of carbonyl (C=O) groups excluding carboxylic acids is 1. The Kier molecular flexibility index (Phi) is 5.07. The van der Waals surface area contributed by atoms with Crippen molar-refractivity contribution in [1.82, 2.24) is 9.88 Å². The number of carbonyl (C=O) groups is 1. The quantitative estimate of drug-likeness (QED) is 0.637. The summed E-state index contributed by atoms with van der Waals surface area (Å²) in [5.74, 6) is 1.01. The predicted octanol–water partition coefficient (Wildman–Crippen LogP) is 0.156. The average molecular weight is 319 g/mol. The van der Waals surface area contributed by atoms with Crippen molar-refractivity contribution in [3.8, 4) is 11.5 Å². The second kappa shape index (κ2) is 7.01. The van der Waals surface area contributed by atoms with Crippen LogP contribution in [0.15, 0.2) is 23.3 Å². The molecule has 23 heavy (non-hydrogen) atoms. The number of aliphatic imine (C=N–C) groups is 1. The van der Waals surface area contributed by atoms with Crippen LogP contribution in [-0.4, -0.2) is 54.1 Å². The van der Waals surface area contributed by atoms with Crippen LogP contribution >= 0.6 is 0 Å². The van der Waals surface area contributed by atoms with Gasteiger partial charge in [0.25, 0.3) is 5.91 Å². The van der Waals surface area contributed by atoms with Crippen LogP contribution in [0, 0.1) is 0 Å². The minimum atomic E-state index is -0.162. The molecule has 8 nitrogen and oxygen atoms in total. The number of phenols is 1. The molecule has 6 N–H and O–H groups in total. The SMILES string of the molecule is CN1CC(=O)N=C1N.COc1cc(O)cc2c(CCN)c[nH]c12. The molecule has 1 amide bonds. The van der Waals surface area contributed by atoms with Crippen molar-refractivity contribution in [2.45, 2.75) is 6.42 Å². The Bertz CT molecular complexity index is 738. The molecule has 0 bridgehead atoms. The van der Waals surface area contributed by atoms with E-state index >= 15 is 0 Å². The number of amides is 1. The number of H-pyrrole nitrogens is 1. The van der Waals surface area contributed by atoms with Crippen LogP contribution < -0.4 is 16.2 Å². The number of methoxy groups -OCH3 is 1. The highest BCUT2D eigenvalue weighted by atomic mass is 16.5. The fourth-order valence-corrected chi connectivity index (χ4v) is 2.30. The van der Waals surface area contributed by atoms with Gasteiger partial charge in [0.15, 0.2) is 5.96 Å². The minimum Gasteiger partial charge on any atom is -0.508 e. The molecule has 1 aliphatic rings. The zero-order valence-corrected chi connectivity index (χ0v) is 13.2. The number of guanidine groups is 1. The second-order valence-corrected chi connectivity index (χ2v) is 5.14. The van der Waals surface area contributed by atoms with Crippen LogP contribution in [0.25, 0.3) is 10.9 Å². The van der Waals surface area contributed by atoms with E-state index in [2.05, 4.69) is 9.98 Å². The maximum atomic E-state index is 10.4. The Morgan fingerprint density at radius 3 is 2.70 bits per heavy atom. The third kappa shape index (κ3) is 3.72. The maximum absolute atomic E-state index is 10.4. The van der Waals surface area contributed by atoms with E-state index in [0.29, 0.717) is 24.8 Å². The number of aromatic hydroxyl groups is 1. The molecule has 0 aliphatic carbocycles. The van der Waals surface area contributed by atoms with Gasteiger partial charge in [0.1, 0.15) is 18.0 Å². The van der Waals surface area contributed by atoms with Crippen LogP contribution in [0.3, 0.4) is 0 Å². The summed E-state index contributed by atoms with van der Waals surface area (Å²) in [4.78, 5) is 18.5. The molecule has 2 heterocycles. The Morgan fingerprint density at radius 2 is 2.22 bits per heavy atom. The molecular weight excluding hydrogens is 298 g/mol. The number of fused-ring (bicyclic) bond motifs is 1. The van der Waals surface area contributed by atoms with E-state index in [4.69, 9.17) is 16.2 Å². The summed E-state index contributed by atoms with van der Waals surface area (Å²) >= 11 is 0. The van der Waals surface area contributed by atoms with Gasteiger partial charge < -0.3 is 31.2 Å². The largest absolute Gasteiger partial charge is 0.508 e. The highest BCUT2D eigenvalue weighted by Gasteiger charge is 2.15. The normalized spacial score (nSPS) is 13.8. The highest BCUT2D eigenvalue weighted by molar-refractivity contribution is 5.99. The molecule has 0 fully saturated rings. The number of ether oxygens (including phenoxy) is 1. The molecule has 0 saturated heterocycles. The summed E-state index contributed by atoms with van der Waals surface area (Å²) in [7, 11) is 3.31. The average Bonchev–Trinajstić information content (AvgIpc) is 3.03. The van der Waals surface area contributed by atoms with E-state index in [-0.39, 0.29) is 11.7 Å². The van der Waals surface area contributed by atoms with Gasteiger partial charge in [-0.05, 0) is 24.6 Å². The number of nitrogens with zero attached hydrogens (tertiary/aromatic N) is 2. The van der Waals surface area contributed by atoms with Gasteiger partial charge in [0, 0.05) is 24.7 Å². The third-order valence-electron chi connectivity index (χ3n) is 3.46. The molecule has 8 heteroatoms. The van der Waals surface area contributed by atoms with Crippen LogP contribution in [0.2, 0.25) is 0 Å². The van der Waals surface area contributed by atoms with Crippen LogP contribution in [0.1, 0.15) is 5.56 Å². The van der Waals surface area contributed by atoms with Gasteiger partial charge in [-0.25, -0.2) is 0 Å². The van der Waals surface area contributed by atoms with Gasteiger partial charge in [-0.3, -0.25) is 4.79 Å². The number of rotatable bonds is 3. The fourth-order valence-electron chi connectivity index (χ4n) is 2.30. The van der Waals surface area contributed by atoms with Crippen LogP contribution in [0.4, 0.5) is 0 Å². The lowest BCUT2D eigenvalue weighted by Gasteiger charge is -2.05. The lowest BCUT2D eigenvalue weighted by atomic mass is 10.1. The van der Waals surface area contributed by atoms with E-state index in [0.717, 1.165) is 22.9 Å². The van der Waals surface area contributed by atoms with Crippen molar-refractivity contribution < 1.29 is 14.6 Å². The molecule has 3 rings (SSSR count). The highest BCUT2D eigenvalue weighted by Crippen LogP contribution is 2.31. The van der Waals surface area contributed by atoms with E-state index in [1.807, 2.05) is 6.20 Å². The van der Waals surface area contributed by atoms with Crippen molar-refractivity contribution in [2.24, 2.45) is 16.5 Å². The number of hydrogen-bond acceptors (Lipinski definition) is 6. The zero-order chi connectivity index (χ0) is 17.0. The predicted molar refractivity (Wildman–Crippen MR) is 88.5 cm³/mol. The lowest BCUT2D eigenvalue weighted by molar-refractivity contribution is -0.116. The zero-order valence-electron chi connectivity index (χ0n) is 13.2. The van der Waals surface area contributed by atoms with E-state index in [1.54, 1.807) is 31.2 Å². The first-order valence-corrected chi connectivity index (χ1v) is 7.11. The number of aromatic nitrogens is 1. The third-order valence-corrected chi connectivity index (χ3v) is 3.46. The number of benzene rings is 1. The Labute approximate surface area is 133 Å². The summed E-state index contributed by atoms with van der Waals surface area (Å²) in [6.07, 6.45) is 2.69. The van der Waals surface area contributed by atoms with Crippen molar-refractivity contribution in [1.29, 1.82) is 0 Å². The number of aromatic amines is 1. The van der Waals surface area contributed by atoms with Gasteiger partial charge in [-0.1, -0.05) is 0 Å². The number of nitrogens with one attached hydrogen (secondary N) is 1. The number of nitrogens with two attached hydrogens (primary N) is 2. The van der Waals surface area contributed by atoms with E-state index < -0.39 is 0 Å². The first kappa shape index (κ1) is 16.6. The van der Waals surface area contributed by atoms with E-state index in [9.17, 15) is 9.90 Å². The molecule has 1 aromatic heterocycles. The van der Waals surface area contributed by atoms with Crippen LogP contribution in [0.5, 0.6) is 11.5 Å². The fraction of sp³-hybridized carbons (Fsp3) is 0.333. The molecule has 0 saturated carbocycles. The van der Waals surface area contributed by atoms with Crippen LogP contribution in [-0.2, 0) is 11.2 Å². The summed E-state index contributed by atoms with van der Waals surface area (Å²) in [5.41, 5.74) is 12.7. The van der Waals surface area contributed by atoms with E-state index in [1.165, 1.54) is 0 Å². The molecule has 1 aliphatic heterocycles. The Hall–Kier alpha value is -2.74. The first-order chi connectivity index (χ1) is 11.0. The molecule has 1 aromatic carbocycles. The molecule has 0 atom stereocenters. The molecule has 0 radical (unpaired) electrons. The first-order valence-electron chi connectivity index (χ1n) is 7.11. The Balaban J connectivity index is 0.000000203. The molecule has 2 aromatic rings. The summed E-state index contributed by atoms with van der Waals surface area (Å²) < 4.78 is 5.18. The number of hydrogen-bond donors (Lipinski definition) is 4. The standard InChI is InChI=1S/C11H14N2O2.C4H7N3O/c1-15-10-5-8(14)4-9-7(2-3-12)6-13-11(9)10;1-7-2-3(8)6-4(7)5/h4-6,13-14H,2-3,12H2,1H3;2H2,1H3,(H2,5,6,8). The second-order valence-electron chi connectivity index (χ2n) is 5.14. The van der Waals surface area contributed by atoms with Crippen molar-refractivity contribution in [2.75, 3.05) is 27.2 Å². The molecular formula is C15H21N5O3.